The number of carboxylic acid groups (broad SMARTS) is 2. The van der Waals surface area contributed by atoms with Crippen LogP contribution in [-0.2, 0) is 9.59 Å². The van der Waals surface area contributed by atoms with Crippen LogP contribution in [0, 0.1) is 5.92 Å². The second-order valence-electron chi connectivity index (χ2n) is 2.85. The summed E-state index contributed by atoms with van der Waals surface area (Å²) in [4.78, 5) is 21.0. The summed E-state index contributed by atoms with van der Waals surface area (Å²) in [6.45, 7) is 3.48. The van der Waals surface area contributed by atoms with Gasteiger partial charge in [-0.3, -0.25) is 9.59 Å². The Morgan fingerprint density at radius 1 is 1.31 bits per heavy atom. The Hall–Kier alpha value is -1.32. The molecule has 0 heterocycles. The van der Waals surface area contributed by atoms with E-state index in [4.69, 9.17) is 10.2 Å². The van der Waals surface area contributed by atoms with Gasteiger partial charge in [-0.1, -0.05) is 25.0 Å². The van der Waals surface area contributed by atoms with Crippen molar-refractivity contribution >= 4 is 11.9 Å². The third-order valence-corrected chi connectivity index (χ3v) is 1.70. The summed E-state index contributed by atoms with van der Waals surface area (Å²) in [5.41, 5.74) is 0.391. The molecule has 0 amide bonds. The van der Waals surface area contributed by atoms with Crippen molar-refractivity contribution in [3.8, 4) is 0 Å². The van der Waals surface area contributed by atoms with E-state index in [-0.39, 0.29) is 0 Å². The fourth-order valence-electron chi connectivity index (χ4n) is 0.985. The van der Waals surface area contributed by atoms with Crippen LogP contribution in [0.15, 0.2) is 11.6 Å². The van der Waals surface area contributed by atoms with Crippen LogP contribution in [0.4, 0.5) is 0 Å². The Balaban J connectivity index is 4.55. The van der Waals surface area contributed by atoms with Crippen LogP contribution in [0.5, 0.6) is 0 Å². The average molecular weight is 186 g/mol. The normalized spacial score (nSPS) is 11.8. The van der Waals surface area contributed by atoms with E-state index in [9.17, 15) is 9.59 Å². The van der Waals surface area contributed by atoms with Gasteiger partial charge in [0, 0.05) is 0 Å². The quantitative estimate of drug-likeness (QED) is 0.504. The second-order valence-corrected chi connectivity index (χ2v) is 2.85. The minimum atomic E-state index is -1.40. The molecule has 2 N–H and O–H groups in total. The lowest BCUT2D eigenvalue weighted by Crippen LogP contribution is -2.24. The molecule has 4 nitrogen and oxygen atoms in total. The molecule has 0 aromatic rings. The zero-order chi connectivity index (χ0) is 10.4. The molecule has 0 atom stereocenters. The van der Waals surface area contributed by atoms with Gasteiger partial charge in [-0.15, -0.1) is 0 Å². The van der Waals surface area contributed by atoms with E-state index < -0.39 is 17.9 Å². The first-order valence-electron chi connectivity index (χ1n) is 4.13. The Kier molecular flexibility index (Phi) is 4.80. The molecule has 0 fully saturated rings. The van der Waals surface area contributed by atoms with E-state index in [1.807, 2.05) is 6.92 Å². The molecule has 0 unspecified atom stereocenters. The van der Waals surface area contributed by atoms with Gasteiger partial charge in [0.1, 0.15) is 0 Å². The first kappa shape index (κ1) is 11.7. The molecule has 0 aliphatic heterocycles. The standard InChI is InChI=1S/C9H14O4/c1-3-4-5-6(2)7(8(10)11)9(12)13/h5,7H,3-4H2,1-2H3,(H,10,11)(H,12,13). The summed E-state index contributed by atoms with van der Waals surface area (Å²) in [5.74, 6) is -4.01. The molecule has 13 heavy (non-hydrogen) atoms. The van der Waals surface area contributed by atoms with Gasteiger partial charge < -0.3 is 10.2 Å². The van der Waals surface area contributed by atoms with Crippen LogP contribution in [0.25, 0.3) is 0 Å². The third kappa shape index (κ3) is 3.73. The second kappa shape index (κ2) is 5.35. The number of rotatable bonds is 5. The molecule has 0 aliphatic rings. The highest BCUT2D eigenvalue weighted by molar-refractivity contribution is 5.96. The molecule has 0 bridgehead atoms. The SMILES string of the molecule is CCCC=C(C)C(C(=O)O)C(=O)O. The maximum Gasteiger partial charge on any atom is 0.322 e. The molecule has 0 aliphatic carbocycles. The van der Waals surface area contributed by atoms with Gasteiger partial charge in [0.05, 0.1) is 0 Å². The first-order chi connectivity index (χ1) is 6.00. The summed E-state index contributed by atoms with van der Waals surface area (Å²) in [7, 11) is 0. The third-order valence-electron chi connectivity index (χ3n) is 1.70. The highest BCUT2D eigenvalue weighted by atomic mass is 16.4. The van der Waals surface area contributed by atoms with E-state index in [1.165, 1.54) is 6.92 Å². The van der Waals surface area contributed by atoms with Crippen LogP contribution in [0.1, 0.15) is 26.7 Å². The monoisotopic (exact) mass is 186 g/mol. The Bertz CT molecular complexity index is 216. The summed E-state index contributed by atoms with van der Waals surface area (Å²) in [6, 6.07) is 0. The number of carbonyl (C=O) groups is 2. The topological polar surface area (TPSA) is 74.6 Å². The van der Waals surface area contributed by atoms with Gasteiger partial charge in [0.25, 0.3) is 0 Å². The Morgan fingerprint density at radius 3 is 2.08 bits per heavy atom. The molecular weight excluding hydrogens is 172 g/mol. The van der Waals surface area contributed by atoms with E-state index in [0.717, 1.165) is 6.42 Å². The average Bonchev–Trinajstić information content (AvgIpc) is 1.99. The van der Waals surface area contributed by atoms with Crippen LogP contribution in [0.2, 0.25) is 0 Å². The number of unbranched alkanes of at least 4 members (excludes halogenated alkanes) is 1. The van der Waals surface area contributed by atoms with E-state index in [2.05, 4.69) is 0 Å². The molecule has 0 aromatic carbocycles. The Labute approximate surface area is 76.9 Å². The Morgan fingerprint density at radius 2 is 1.77 bits per heavy atom. The molecule has 0 saturated heterocycles. The summed E-state index contributed by atoms with van der Waals surface area (Å²) in [6.07, 6.45) is 3.25. The predicted octanol–water partition coefficient (Wildman–Crippen LogP) is 1.52. The van der Waals surface area contributed by atoms with Gasteiger partial charge in [-0.2, -0.15) is 0 Å². The van der Waals surface area contributed by atoms with Crippen molar-refractivity contribution in [2.75, 3.05) is 0 Å². The van der Waals surface area contributed by atoms with Crippen LogP contribution < -0.4 is 0 Å². The van der Waals surface area contributed by atoms with Crippen LogP contribution in [-0.4, -0.2) is 22.2 Å². The molecular formula is C9H14O4. The molecule has 0 spiro atoms. The van der Waals surface area contributed by atoms with Crippen molar-refractivity contribution in [2.45, 2.75) is 26.7 Å². The first-order valence-corrected chi connectivity index (χ1v) is 4.13. The molecule has 0 aromatic heterocycles. The van der Waals surface area contributed by atoms with Crippen LogP contribution in [0.3, 0.4) is 0 Å². The highest BCUT2D eigenvalue weighted by Crippen LogP contribution is 2.12. The predicted molar refractivity (Wildman–Crippen MR) is 47.4 cm³/mol. The number of hydrogen-bond donors (Lipinski definition) is 2. The molecule has 0 rings (SSSR count). The minimum absolute atomic E-state index is 0.391. The van der Waals surface area contributed by atoms with E-state index >= 15 is 0 Å². The van der Waals surface area contributed by atoms with Gasteiger partial charge in [0.15, 0.2) is 5.92 Å². The lowest BCUT2D eigenvalue weighted by molar-refractivity contribution is -0.152. The zero-order valence-electron chi connectivity index (χ0n) is 7.78. The van der Waals surface area contributed by atoms with Crippen molar-refractivity contribution in [3.63, 3.8) is 0 Å². The zero-order valence-corrected chi connectivity index (χ0v) is 7.78. The van der Waals surface area contributed by atoms with Crippen molar-refractivity contribution in [1.29, 1.82) is 0 Å². The van der Waals surface area contributed by atoms with E-state index in [0.29, 0.717) is 12.0 Å². The molecule has 0 saturated carbocycles. The lowest BCUT2D eigenvalue weighted by Gasteiger charge is -2.07. The largest absolute Gasteiger partial charge is 0.480 e. The van der Waals surface area contributed by atoms with Gasteiger partial charge >= 0.3 is 11.9 Å². The molecule has 4 heteroatoms. The van der Waals surface area contributed by atoms with Crippen molar-refractivity contribution in [1.82, 2.24) is 0 Å². The van der Waals surface area contributed by atoms with Gasteiger partial charge in [-0.25, -0.2) is 0 Å². The van der Waals surface area contributed by atoms with Crippen molar-refractivity contribution in [2.24, 2.45) is 5.92 Å². The van der Waals surface area contributed by atoms with Gasteiger partial charge in [-0.05, 0) is 13.3 Å². The maximum atomic E-state index is 10.5. The molecule has 0 radical (unpaired) electrons. The number of hydrogen-bond acceptors (Lipinski definition) is 2. The number of allylic oxidation sites excluding steroid dienone is 1. The van der Waals surface area contributed by atoms with E-state index in [1.54, 1.807) is 6.08 Å². The fraction of sp³-hybridized carbons (Fsp3) is 0.556. The van der Waals surface area contributed by atoms with Crippen LogP contribution >= 0.6 is 0 Å². The summed E-state index contributed by atoms with van der Waals surface area (Å²) < 4.78 is 0. The molecule has 74 valence electrons. The number of aliphatic carboxylic acids is 2. The summed E-state index contributed by atoms with van der Waals surface area (Å²) in [5, 5.41) is 17.2. The lowest BCUT2D eigenvalue weighted by atomic mass is 10.00. The smallest absolute Gasteiger partial charge is 0.322 e. The highest BCUT2D eigenvalue weighted by Gasteiger charge is 2.26. The minimum Gasteiger partial charge on any atom is -0.480 e. The summed E-state index contributed by atoms with van der Waals surface area (Å²) >= 11 is 0. The van der Waals surface area contributed by atoms with Crippen molar-refractivity contribution < 1.29 is 19.8 Å². The van der Waals surface area contributed by atoms with Crippen molar-refractivity contribution in [3.05, 3.63) is 11.6 Å². The maximum absolute atomic E-state index is 10.5. The number of carboxylic acids is 2. The fourth-order valence-corrected chi connectivity index (χ4v) is 0.985. The van der Waals surface area contributed by atoms with Gasteiger partial charge in [0.2, 0.25) is 0 Å².